The van der Waals surface area contributed by atoms with Gasteiger partial charge >= 0.3 is 0 Å². The summed E-state index contributed by atoms with van der Waals surface area (Å²) in [5.74, 6) is 0.919. The Hall–Kier alpha value is -2.24. The molecule has 1 fully saturated rings. The SMILES string of the molecule is CS(=O)c1cc(Cl)ccc1Cc1ccccc1C(=O)c1cnoc1C1CC1. The Morgan fingerprint density at radius 1 is 1.19 bits per heavy atom. The molecule has 3 aromatic rings. The van der Waals surface area contributed by atoms with Crippen LogP contribution in [0, 0.1) is 0 Å². The molecule has 4 rings (SSSR count). The number of aromatic nitrogens is 1. The van der Waals surface area contributed by atoms with Gasteiger partial charge in [0.1, 0.15) is 0 Å². The number of nitrogens with zero attached hydrogens (tertiary/aromatic N) is 1. The quantitative estimate of drug-likeness (QED) is 0.560. The summed E-state index contributed by atoms with van der Waals surface area (Å²) < 4.78 is 17.4. The molecule has 1 saturated carbocycles. The first kappa shape index (κ1) is 18.1. The molecular formula is C21H18ClNO3S. The first-order valence-electron chi connectivity index (χ1n) is 8.73. The van der Waals surface area contributed by atoms with Crippen molar-refractivity contribution in [3.8, 4) is 0 Å². The van der Waals surface area contributed by atoms with Gasteiger partial charge in [-0.3, -0.25) is 9.00 Å². The number of carbonyl (C=O) groups excluding carboxylic acids is 1. The minimum absolute atomic E-state index is 0.0816. The third-order valence-corrected chi connectivity index (χ3v) is 6.01. The van der Waals surface area contributed by atoms with Gasteiger partial charge in [0.15, 0.2) is 11.5 Å². The summed E-state index contributed by atoms with van der Waals surface area (Å²) in [5, 5.41) is 4.39. The van der Waals surface area contributed by atoms with Crippen LogP contribution in [0.15, 0.2) is 58.1 Å². The molecule has 0 aliphatic heterocycles. The molecule has 0 saturated heterocycles. The highest BCUT2D eigenvalue weighted by molar-refractivity contribution is 7.84. The lowest BCUT2D eigenvalue weighted by Gasteiger charge is -2.11. The van der Waals surface area contributed by atoms with Gasteiger partial charge in [-0.2, -0.15) is 0 Å². The fraction of sp³-hybridized carbons (Fsp3) is 0.238. The maximum absolute atomic E-state index is 13.2. The van der Waals surface area contributed by atoms with Crippen LogP contribution >= 0.6 is 11.6 Å². The minimum Gasteiger partial charge on any atom is -0.360 e. The fourth-order valence-corrected chi connectivity index (χ4v) is 4.29. The predicted molar refractivity (Wildman–Crippen MR) is 105 cm³/mol. The summed E-state index contributed by atoms with van der Waals surface area (Å²) in [5.41, 5.74) is 2.93. The van der Waals surface area contributed by atoms with Crippen molar-refractivity contribution < 1.29 is 13.5 Å². The number of ketones is 1. The molecule has 1 aromatic heterocycles. The van der Waals surface area contributed by atoms with Gasteiger partial charge in [0.25, 0.3) is 0 Å². The van der Waals surface area contributed by atoms with E-state index in [0.717, 1.165) is 24.0 Å². The van der Waals surface area contributed by atoms with E-state index in [1.807, 2.05) is 30.3 Å². The fourth-order valence-electron chi connectivity index (χ4n) is 3.25. The molecule has 1 atom stereocenters. The van der Waals surface area contributed by atoms with E-state index in [1.165, 1.54) is 6.20 Å². The lowest BCUT2D eigenvalue weighted by atomic mass is 9.94. The Balaban J connectivity index is 1.71. The monoisotopic (exact) mass is 399 g/mol. The maximum atomic E-state index is 13.2. The zero-order valence-corrected chi connectivity index (χ0v) is 16.3. The Labute approximate surface area is 165 Å². The van der Waals surface area contributed by atoms with Gasteiger partial charge in [-0.15, -0.1) is 0 Å². The third kappa shape index (κ3) is 3.75. The molecule has 1 unspecified atom stereocenters. The highest BCUT2D eigenvalue weighted by Gasteiger charge is 2.33. The van der Waals surface area contributed by atoms with Gasteiger partial charge in [-0.25, -0.2) is 0 Å². The summed E-state index contributed by atoms with van der Waals surface area (Å²) in [7, 11) is -1.17. The van der Waals surface area contributed by atoms with E-state index in [9.17, 15) is 9.00 Å². The normalized spacial score (nSPS) is 14.9. The van der Waals surface area contributed by atoms with Crippen molar-refractivity contribution in [2.45, 2.75) is 30.1 Å². The molecule has 0 bridgehead atoms. The molecular weight excluding hydrogens is 382 g/mol. The van der Waals surface area contributed by atoms with Crippen LogP contribution in [0.4, 0.5) is 0 Å². The summed E-state index contributed by atoms with van der Waals surface area (Å²) >= 11 is 6.06. The van der Waals surface area contributed by atoms with Crippen molar-refractivity contribution in [3.63, 3.8) is 0 Å². The molecule has 1 aliphatic carbocycles. The van der Waals surface area contributed by atoms with Crippen molar-refractivity contribution in [3.05, 3.63) is 81.7 Å². The Kier molecular flexibility index (Phi) is 4.98. The summed E-state index contributed by atoms with van der Waals surface area (Å²) in [6, 6.07) is 12.9. The van der Waals surface area contributed by atoms with E-state index in [4.69, 9.17) is 16.1 Å². The second kappa shape index (κ2) is 7.41. The van der Waals surface area contributed by atoms with Crippen LogP contribution in [0.5, 0.6) is 0 Å². The van der Waals surface area contributed by atoms with Gasteiger partial charge in [0.2, 0.25) is 0 Å². The summed E-state index contributed by atoms with van der Waals surface area (Å²) in [6.45, 7) is 0. The summed E-state index contributed by atoms with van der Waals surface area (Å²) in [4.78, 5) is 13.9. The molecule has 1 aliphatic rings. The zero-order valence-electron chi connectivity index (χ0n) is 14.8. The molecule has 0 amide bonds. The smallest absolute Gasteiger partial charge is 0.198 e. The van der Waals surface area contributed by atoms with Crippen molar-refractivity contribution in [1.82, 2.24) is 5.16 Å². The Morgan fingerprint density at radius 3 is 2.70 bits per heavy atom. The van der Waals surface area contributed by atoms with Crippen molar-refractivity contribution >= 4 is 28.2 Å². The lowest BCUT2D eigenvalue weighted by Crippen LogP contribution is -2.08. The van der Waals surface area contributed by atoms with E-state index in [-0.39, 0.29) is 5.78 Å². The van der Waals surface area contributed by atoms with Gasteiger partial charge in [-0.1, -0.05) is 47.1 Å². The topological polar surface area (TPSA) is 60.2 Å². The van der Waals surface area contributed by atoms with E-state index < -0.39 is 10.8 Å². The van der Waals surface area contributed by atoms with Crippen molar-refractivity contribution in [1.29, 1.82) is 0 Å². The lowest BCUT2D eigenvalue weighted by molar-refractivity contribution is 0.103. The van der Waals surface area contributed by atoms with Crippen molar-refractivity contribution in [2.75, 3.05) is 6.26 Å². The number of benzene rings is 2. The highest BCUT2D eigenvalue weighted by atomic mass is 35.5. The Bertz CT molecular complexity index is 1040. The Morgan fingerprint density at radius 2 is 1.96 bits per heavy atom. The number of hydrogen-bond donors (Lipinski definition) is 0. The number of hydrogen-bond acceptors (Lipinski definition) is 4. The molecule has 4 nitrogen and oxygen atoms in total. The molecule has 27 heavy (non-hydrogen) atoms. The van der Waals surface area contributed by atoms with Gasteiger partial charge in [-0.05, 0) is 42.5 Å². The molecule has 0 radical (unpaired) electrons. The van der Waals surface area contributed by atoms with Crippen LogP contribution in [0.25, 0.3) is 0 Å². The second-order valence-corrected chi connectivity index (χ2v) is 8.53. The summed E-state index contributed by atoms with van der Waals surface area (Å²) in [6.07, 6.45) is 5.71. The van der Waals surface area contributed by atoms with Crippen LogP contribution in [0.1, 0.15) is 51.6 Å². The highest BCUT2D eigenvalue weighted by Crippen LogP contribution is 2.42. The zero-order chi connectivity index (χ0) is 19.0. The molecule has 0 N–H and O–H groups in total. The molecule has 0 spiro atoms. The minimum atomic E-state index is -1.17. The number of rotatable bonds is 6. The van der Waals surface area contributed by atoms with Crippen LogP contribution in [0.2, 0.25) is 5.02 Å². The van der Waals surface area contributed by atoms with E-state index in [0.29, 0.717) is 39.1 Å². The number of carbonyl (C=O) groups is 1. The second-order valence-electron chi connectivity index (χ2n) is 6.75. The van der Waals surface area contributed by atoms with E-state index in [1.54, 1.807) is 18.4 Å². The van der Waals surface area contributed by atoms with Crippen molar-refractivity contribution in [2.24, 2.45) is 0 Å². The average molecular weight is 400 g/mol. The standard InChI is InChI=1S/C21H18ClNO3S/c1-27(25)19-11-16(22)9-8-15(19)10-14-4-2-3-5-17(14)20(24)18-12-23-26-21(18)13-6-7-13/h2-5,8-9,11-13H,6-7,10H2,1H3. The molecule has 1 heterocycles. The third-order valence-electron chi connectivity index (χ3n) is 4.77. The largest absolute Gasteiger partial charge is 0.360 e. The predicted octanol–water partition coefficient (Wildman–Crippen LogP) is 4.76. The van der Waals surface area contributed by atoms with Gasteiger partial charge in [0, 0.05) is 27.7 Å². The number of halogens is 1. The maximum Gasteiger partial charge on any atom is 0.198 e. The average Bonchev–Trinajstić information content (AvgIpc) is 3.39. The molecule has 2 aromatic carbocycles. The van der Waals surface area contributed by atoms with Crippen LogP contribution in [0.3, 0.4) is 0 Å². The van der Waals surface area contributed by atoms with Gasteiger partial charge < -0.3 is 4.52 Å². The molecule has 6 heteroatoms. The molecule has 138 valence electrons. The van der Waals surface area contributed by atoms with E-state index >= 15 is 0 Å². The first-order chi connectivity index (χ1) is 13.0. The van der Waals surface area contributed by atoms with Gasteiger partial charge in [0.05, 0.1) is 22.6 Å². The van der Waals surface area contributed by atoms with Crippen LogP contribution in [-0.2, 0) is 17.2 Å². The first-order valence-corrected chi connectivity index (χ1v) is 10.7. The van der Waals surface area contributed by atoms with Crippen LogP contribution < -0.4 is 0 Å². The van der Waals surface area contributed by atoms with Crippen LogP contribution in [-0.4, -0.2) is 21.4 Å². The van der Waals surface area contributed by atoms with E-state index in [2.05, 4.69) is 5.16 Å².